The lowest BCUT2D eigenvalue weighted by Crippen LogP contribution is -2.12. The number of fused-ring (bicyclic) bond motifs is 2. The molecule has 0 aliphatic carbocycles. The van der Waals surface area contributed by atoms with Crippen molar-refractivity contribution in [1.82, 2.24) is 4.98 Å². The van der Waals surface area contributed by atoms with Crippen LogP contribution in [-0.2, 0) is 0 Å². The van der Waals surface area contributed by atoms with Gasteiger partial charge in [-0.15, -0.1) is 0 Å². The Kier molecular flexibility index (Phi) is 4.42. The number of nitrogens with one attached hydrogen (secondary N) is 2. The monoisotopic (exact) mass is 360 g/mol. The molecule has 1 aromatic heterocycles. The molecule has 5 heteroatoms. The normalized spacial score (nSPS) is 10.9. The lowest BCUT2D eigenvalue weighted by atomic mass is 10.1. The molecule has 0 spiro atoms. The lowest BCUT2D eigenvalue weighted by Gasteiger charge is -2.10. The van der Waals surface area contributed by atoms with Crippen molar-refractivity contribution in [3.05, 3.63) is 66.4 Å². The number of carbonyl (C=O) groups is 1. The summed E-state index contributed by atoms with van der Waals surface area (Å²) < 4.78 is 11.0. The van der Waals surface area contributed by atoms with Gasteiger partial charge in [-0.1, -0.05) is 24.3 Å². The summed E-state index contributed by atoms with van der Waals surface area (Å²) in [5.74, 6) is 1.29. The zero-order valence-electron chi connectivity index (χ0n) is 15.2. The van der Waals surface area contributed by atoms with Crippen molar-refractivity contribution in [2.45, 2.75) is 6.92 Å². The van der Waals surface area contributed by atoms with Gasteiger partial charge in [0, 0.05) is 34.1 Å². The summed E-state index contributed by atoms with van der Waals surface area (Å²) in [7, 11) is 1.63. The van der Waals surface area contributed by atoms with E-state index in [2.05, 4.69) is 10.3 Å². The van der Waals surface area contributed by atoms with E-state index < -0.39 is 0 Å². The van der Waals surface area contributed by atoms with E-state index in [1.54, 1.807) is 7.11 Å². The van der Waals surface area contributed by atoms with E-state index in [0.717, 1.165) is 33.2 Å². The van der Waals surface area contributed by atoms with Gasteiger partial charge >= 0.3 is 0 Å². The maximum absolute atomic E-state index is 12.7. The van der Waals surface area contributed by atoms with Gasteiger partial charge in [0.15, 0.2) is 0 Å². The largest absolute Gasteiger partial charge is 0.496 e. The molecule has 1 amide bonds. The van der Waals surface area contributed by atoms with Gasteiger partial charge in [0.2, 0.25) is 0 Å². The van der Waals surface area contributed by atoms with Crippen LogP contribution in [0.2, 0.25) is 0 Å². The van der Waals surface area contributed by atoms with Gasteiger partial charge in [-0.3, -0.25) is 4.79 Å². The number of methoxy groups -OCH3 is 1. The molecule has 3 aromatic carbocycles. The Labute approximate surface area is 156 Å². The second-order valence-electron chi connectivity index (χ2n) is 6.22. The van der Waals surface area contributed by atoms with Crippen LogP contribution in [0.25, 0.3) is 21.7 Å². The highest BCUT2D eigenvalue weighted by Crippen LogP contribution is 2.30. The van der Waals surface area contributed by atoms with Gasteiger partial charge in [0.25, 0.3) is 5.91 Å². The molecule has 0 bridgehead atoms. The average Bonchev–Trinajstić information content (AvgIpc) is 3.11. The van der Waals surface area contributed by atoms with Crippen LogP contribution in [0.5, 0.6) is 11.5 Å². The number of anilines is 1. The summed E-state index contributed by atoms with van der Waals surface area (Å²) in [4.78, 5) is 15.9. The minimum absolute atomic E-state index is 0.207. The first-order valence-electron chi connectivity index (χ1n) is 8.81. The molecule has 0 aliphatic heterocycles. The number of aromatic amines is 1. The van der Waals surface area contributed by atoms with Crippen molar-refractivity contribution < 1.29 is 14.3 Å². The highest BCUT2D eigenvalue weighted by atomic mass is 16.5. The number of benzene rings is 3. The fourth-order valence-corrected chi connectivity index (χ4v) is 3.20. The Morgan fingerprint density at radius 1 is 1.04 bits per heavy atom. The molecule has 0 fully saturated rings. The Bertz CT molecular complexity index is 1130. The number of ether oxygens (including phenoxy) is 2. The third-order valence-electron chi connectivity index (χ3n) is 4.45. The van der Waals surface area contributed by atoms with Crippen molar-refractivity contribution in [2.24, 2.45) is 0 Å². The Morgan fingerprint density at radius 2 is 1.89 bits per heavy atom. The highest BCUT2D eigenvalue weighted by molar-refractivity contribution is 6.07. The van der Waals surface area contributed by atoms with Crippen molar-refractivity contribution in [2.75, 3.05) is 19.0 Å². The predicted octanol–water partition coefficient (Wildman–Crippen LogP) is 4.98. The standard InChI is InChI=1S/C22H20N2O3/c1-3-27-17-9-8-15-11-20(24-19(15)13-17)22(25)23-16-10-14-6-4-5-7-18(14)21(12-16)26-2/h4-13,24H,3H2,1-2H3,(H,23,25). The summed E-state index contributed by atoms with van der Waals surface area (Å²) >= 11 is 0. The molecule has 27 heavy (non-hydrogen) atoms. The zero-order chi connectivity index (χ0) is 18.8. The van der Waals surface area contributed by atoms with Crippen LogP contribution in [0.15, 0.2) is 60.7 Å². The second-order valence-corrected chi connectivity index (χ2v) is 6.22. The second kappa shape index (κ2) is 7.03. The molecular formula is C22H20N2O3. The molecule has 136 valence electrons. The first kappa shape index (κ1) is 17.0. The van der Waals surface area contributed by atoms with Crippen LogP contribution in [0.3, 0.4) is 0 Å². The van der Waals surface area contributed by atoms with Crippen molar-refractivity contribution in [3.63, 3.8) is 0 Å². The van der Waals surface area contributed by atoms with Gasteiger partial charge in [0.1, 0.15) is 17.2 Å². The summed E-state index contributed by atoms with van der Waals surface area (Å²) in [6, 6.07) is 19.2. The van der Waals surface area contributed by atoms with E-state index in [4.69, 9.17) is 9.47 Å². The SMILES string of the molecule is CCOc1ccc2cc(C(=O)Nc3cc(OC)c4ccccc4c3)[nH]c2c1. The molecule has 4 rings (SSSR count). The number of rotatable bonds is 5. The third kappa shape index (κ3) is 3.31. The molecule has 0 aliphatic rings. The number of amides is 1. The molecule has 4 aromatic rings. The molecule has 5 nitrogen and oxygen atoms in total. The Hall–Kier alpha value is -3.47. The highest BCUT2D eigenvalue weighted by Gasteiger charge is 2.12. The molecule has 0 atom stereocenters. The molecular weight excluding hydrogens is 340 g/mol. The quantitative estimate of drug-likeness (QED) is 0.527. The maximum Gasteiger partial charge on any atom is 0.272 e. The fourth-order valence-electron chi connectivity index (χ4n) is 3.20. The molecule has 0 unspecified atom stereocenters. The van der Waals surface area contributed by atoms with Crippen molar-refractivity contribution >= 4 is 33.3 Å². The first-order chi connectivity index (χ1) is 13.2. The van der Waals surface area contributed by atoms with Gasteiger partial charge < -0.3 is 19.8 Å². The fraction of sp³-hybridized carbons (Fsp3) is 0.136. The molecule has 0 radical (unpaired) electrons. The molecule has 2 N–H and O–H groups in total. The predicted molar refractivity (Wildman–Crippen MR) is 108 cm³/mol. The minimum Gasteiger partial charge on any atom is -0.496 e. The van der Waals surface area contributed by atoms with Gasteiger partial charge in [-0.2, -0.15) is 0 Å². The molecule has 1 heterocycles. The Balaban J connectivity index is 1.64. The average molecular weight is 360 g/mol. The van der Waals surface area contributed by atoms with Crippen molar-refractivity contribution in [1.29, 1.82) is 0 Å². The van der Waals surface area contributed by atoms with Crippen molar-refractivity contribution in [3.8, 4) is 11.5 Å². The van der Waals surface area contributed by atoms with E-state index >= 15 is 0 Å². The van der Waals surface area contributed by atoms with Gasteiger partial charge in [-0.25, -0.2) is 0 Å². The number of hydrogen-bond acceptors (Lipinski definition) is 3. The summed E-state index contributed by atoms with van der Waals surface area (Å²) in [6.07, 6.45) is 0. The number of hydrogen-bond donors (Lipinski definition) is 2. The minimum atomic E-state index is -0.207. The molecule has 0 saturated heterocycles. The third-order valence-corrected chi connectivity index (χ3v) is 4.45. The summed E-state index contributed by atoms with van der Waals surface area (Å²) in [5, 5.41) is 5.91. The zero-order valence-corrected chi connectivity index (χ0v) is 15.2. The number of aromatic nitrogens is 1. The summed E-state index contributed by atoms with van der Waals surface area (Å²) in [6.45, 7) is 2.54. The van der Waals surface area contributed by atoms with Crippen LogP contribution >= 0.6 is 0 Å². The smallest absolute Gasteiger partial charge is 0.272 e. The lowest BCUT2D eigenvalue weighted by molar-refractivity contribution is 0.102. The van der Waals surface area contributed by atoms with E-state index in [-0.39, 0.29) is 5.91 Å². The van der Waals surface area contributed by atoms with Gasteiger partial charge in [0.05, 0.1) is 13.7 Å². The van der Waals surface area contributed by atoms with E-state index in [9.17, 15) is 4.79 Å². The van der Waals surface area contributed by atoms with E-state index in [1.165, 1.54) is 0 Å². The topological polar surface area (TPSA) is 63.4 Å². The van der Waals surface area contributed by atoms with Crippen LogP contribution in [-0.4, -0.2) is 24.6 Å². The van der Waals surface area contributed by atoms with E-state index in [1.807, 2.05) is 67.6 Å². The maximum atomic E-state index is 12.7. The molecule has 0 saturated carbocycles. The van der Waals surface area contributed by atoms with Crippen LogP contribution in [0, 0.1) is 0 Å². The van der Waals surface area contributed by atoms with E-state index in [0.29, 0.717) is 18.0 Å². The number of H-pyrrole nitrogens is 1. The van der Waals surface area contributed by atoms with Crippen LogP contribution in [0.1, 0.15) is 17.4 Å². The van der Waals surface area contributed by atoms with Crippen LogP contribution < -0.4 is 14.8 Å². The van der Waals surface area contributed by atoms with Crippen LogP contribution in [0.4, 0.5) is 5.69 Å². The number of carbonyl (C=O) groups excluding carboxylic acids is 1. The Morgan fingerprint density at radius 3 is 2.70 bits per heavy atom. The van der Waals surface area contributed by atoms with Gasteiger partial charge in [-0.05, 0) is 36.6 Å². The first-order valence-corrected chi connectivity index (χ1v) is 8.81. The summed E-state index contributed by atoms with van der Waals surface area (Å²) in [5.41, 5.74) is 2.04.